The normalized spacial score (nSPS) is 10.3. The molecule has 0 unspecified atom stereocenters. The first kappa shape index (κ1) is 17.7. The number of amides is 2. The number of aryl methyl sites for hydroxylation is 1. The van der Waals surface area contributed by atoms with Gasteiger partial charge in [0.2, 0.25) is 5.91 Å². The van der Waals surface area contributed by atoms with Crippen LogP contribution >= 0.6 is 11.3 Å². The molecule has 0 atom stereocenters. The topological polar surface area (TPSA) is 93.5 Å². The van der Waals surface area contributed by atoms with E-state index in [1.165, 1.54) is 11.3 Å². The lowest BCUT2D eigenvalue weighted by Gasteiger charge is -2.08. The van der Waals surface area contributed by atoms with Crippen LogP contribution in [-0.4, -0.2) is 23.6 Å². The van der Waals surface area contributed by atoms with E-state index in [0.717, 1.165) is 0 Å². The van der Waals surface area contributed by atoms with Crippen LogP contribution in [0.1, 0.15) is 21.9 Å². The zero-order valence-corrected chi connectivity index (χ0v) is 14.8. The molecule has 3 rings (SSSR count). The summed E-state index contributed by atoms with van der Waals surface area (Å²) in [7, 11) is 0. The van der Waals surface area contributed by atoms with Crippen LogP contribution in [0.15, 0.2) is 52.4 Å². The van der Waals surface area contributed by atoms with Gasteiger partial charge in [0, 0.05) is 11.8 Å². The predicted octanol–water partition coefficient (Wildman–Crippen LogP) is 3.70. The van der Waals surface area contributed by atoms with E-state index < -0.39 is 0 Å². The number of benzene rings is 1. The summed E-state index contributed by atoms with van der Waals surface area (Å²) >= 11 is 1.38. The molecule has 2 amide bonds. The van der Waals surface area contributed by atoms with Crippen molar-refractivity contribution in [2.75, 3.05) is 17.2 Å². The fourth-order valence-electron chi connectivity index (χ4n) is 2.13. The zero-order valence-electron chi connectivity index (χ0n) is 14.0. The lowest BCUT2D eigenvalue weighted by Crippen LogP contribution is -2.15. The smallest absolute Gasteiger partial charge is 0.265 e. The van der Waals surface area contributed by atoms with Crippen LogP contribution in [0.2, 0.25) is 0 Å². The third-order valence-corrected chi connectivity index (χ3v) is 4.22. The molecule has 0 aliphatic rings. The minimum absolute atomic E-state index is 0.145. The number of nitrogens with one attached hydrogen (secondary N) is 2. The quantitative estimate of drug-likeness (QED) is 0.660. The average Bonchev–Trinajstić information content (AvgIpc) is 3.28. The molecule has 0 fully saturated rings. The van der Waals surface area contributed by atoms with Crippen molar-refractivity contribution in [2.24, 2.45) is 0 Å². The van der Waals surface area contributed by atoms with Gasteiger partial charge in [-0.3, -0.25) is 9.59 Å². The van der Waals surface area contributed by atoms with Crippen molar-refractivity contribution in [3.8, 4) is 5.75 Å². The molecule has 0 aliphatic carbocycles. The Morgan fingerprint density at radius 3 is 2.65 bits per heavy atom. The van der Waals surface area contributed by atoms with Gasteiger partial charge in [-0.25, -0.2) is 0 Å². The number of nitrogens with zero attached hydrogens (tertiary/aromatic N) is 1. The van der Waals surface area contributed by atoms with Crippen LogP contribution in [0.5, 0.6) is 5.75 Å². The van der Waals surface area contributed by atoms with Gasteiger partial charge in [0.25, 0.3) is 5.91 Å². The standard InChI is InChI=1S/C18H17N3O4S/c1-12-11-16(21-25-12)20-17(22)8-9-24-14-6-4-13(5-7-14)19-18(23)15-3-2-10-26-15/h2-7,10-11H,8-9H2,1H3,(H,19,23)(H,20,21,22). The molecular weight excluding hydrogens is 354 g/mol. The van der Waals surface area contributed by atoms with E-state index in [4.69, 9.17) is 9.26 Å². The maximum Gasteiger partial charge on any atom is 0.265 e. The highest BCUT2D eigenvalue weighted by molar-refractivity contribution is 7.12. The Kier molecular flexibility index (Phi) is 5.65. The van der Waals surface area contributed by atoms with Crippen LogP contribution in [0.25, 0.3) is 0 Å². The number of rotatable bonds is 7. The largest absolute Gasteiger partial charge is 0.493 e. The highest BCUT2D eigenvalue weighted by Crippen LogP contribution is 2.18. The summed E-state index contributed by atoms with van der Waals surface area (Å²) in [5.41, 5.74) is 0.676. The minimum atomic E-state index is -0.210. The van der Waals surface area contributed by atoms with Gasteiger partial charge in [-0.15, -0.1) is 11.3 Å². The minimum Gasteiger partial charge on any atom is -0.493 e. The number of anilines is 2. The molecule has 0 aliphatic heterocycles. The highest BCUT2D eigenvalue weighted by atomic mass is 32.1. The lowest BCUT2D eigenvalue weighted by molar-refractivity contribution is -0.116. The van der Waals surface area contributed by atoms with Gasteiger partial charge in [0.1, 0.15) is 11.5 Å². The summed E-state index contributed by atoms with van der Waals surface area (Å²) in [6.45, 7) is 1.97. The summed E-state index contributed by atoms with van der Waals surface area (Å²) in [5, 5.41) is 11.0. The van der Waals surface area contributed by atoms with Crippen molar-refractivity contribution in [2.45, 2.75) is 13.3 Å². The van der Waals surface area contributed by atoms with Crippen LogP contribution < -0.4 is 15.4 Å². The fraction of sp³-hybridized carbons (Fsp3) is 0.167. The molecule has 0 spiro atoms. The highest BCUT2D eigenvalue weighted by Gasteiger charge is 2.08. The van der Waals surface area contributed by atoms with E-state index in [2.05, 4.69) is 15.8 Å². The van der Waals surface area contributed by atoms with Crippen molar-refractivity contribution >= 4 is 34.7 Å². The Bertz CT molecular complexity index is 872. The SMILES string of the molecule is Cc1cc(NC(=O)CCOc2ccc(NC(=O)c3cccs3)cc2)no1. The van der Waals surface area contributed by atoms with Crippen LogP contribution in [0, 0.1) is 6.92 Å². The number of hydrogen-bond donors (Lipinski definition) is 2. The maximum absolute atomic E-state index is 12.0. The number of hydrogen-bond acceptors (Lipinski definition) is 6. The Labute approximate surface area is 154 Å². The second-order valence-electron chi connectivity index (χ2n) is 5.43. The summed E-state index contributed by atoms with van der Waals surface area (Å²) in [6, 6.07) is 12.2. The van der Waals surface area contributed by atoms with E-state index in [1.807, 2.05) is 11.4 Å². The molecule has 0 saturated carbocycles. The average molecular weight is 371 g/mol. The Balaban J connectivity index is 1.42. The molecule has 134 valence electrons. The van der Waals surface area contributed by atoms with Gasteiger partial charge in [-0.2, -0.15) is 0 Å². The third kappa shape index (κ3) is 4.93. The van der Waals surface area contributed by atoms with Gasteiger partial charge in [0.05, 0.1) is 17.9 Å². The molecule has 2 N–H and O–H groups in total. The summed E-state index contributed by atoms with van der Waals surface area (Å²) < 4.78 is 10.4. The third-order valence-electron chi connectivity index (χ3n) is 3.35. The van der Waals surface area contributed by atoms with Gasteiger partial charge in [-0.05, 0) is 42.6 Å². The first-order valence-electron chi connectivity index (χ1n) is 7.91. The Morgan fingerprint density at radius 1 is 1.19 bits per heavy atom. The zero-order chi connectivity index (χ0) is 18.4. The van der Waals surface area contributed by atoms with Crippen molar-refractivity contribution < 1.29 is 18.8 Å². The van der Waals surface area contributed by atoms with Crippen molar-refractivity contribution in [1.82, 2.24) is 5.16 Å². The van der Waals surface area contributed by atoms with E-state index >= 15 is 0 Å². The summed E-state index contributed by atoms with van der Waals surface area (Å²) in [5.74, 6) is 1.27. The molecular formula is C18H17N3O4S. The predicted molar refractivity (Wildman–Crippen MR) is 98.7 cm³/mol. The van der Waals surface area contributed by atoms with Crippen molar-refractivity contribution in [3.05, 3.63) is 58.5 Å². The summed E-state index contributed by atoms with van der Waals surface area (Å²) in [4.78, 5) is 24.4. The second-order valence-corrected chi connectivity index (χ2v) is 6.37. The number of thiophene rings is 1. The number of ether oxygens (including phenoxy) is 1. The first-order valence-corrected chi connectivity index (χ1v) is 8.79. The Hall–Kier alpha value is -3.13. The van der Waals surface area contributed by atoms with Crippen LogP contribution in [-0.2, 0) is 4.79 Å². The van der Waals surface area contributed by atoms with Crippen molar-refractivity contribution in [3.63, 3.8) is 0 Å². The van der Waals surface area contributed by atoms with E-state index in [1.54, 1.807) is 43.3 Å². The Morgan fingerprint density at radius 2 is 2.00 bits per heavy atom. The van der Waals surface area contributed by atoms with Crippen molar-refractivity contribution in [1.29, 1.82) is 0 Å². The monoisotopic (exact) mass is 371 g/mol. The molecule has 2 heterocycles. The lowest BCUT2D eigenvalue weighted by atomic mass is 10.3. The van der Waals surface area contributed by atoms with Gasteiger partial charge in [-0.1, -0.05) is 11.2 Å². The molecule has 0 radical (unpaired) electrons. The molecule has 26 heavy (non-hydrogen) atoms. The second kappa shape index (κ2) is 8.30. The summed E-state index contributed by atoms with van der Waals surface area (Å²) in [6.07, 6.45) is 0.183. The van der Waals surface area contributed by atoms with Crippen LogP contribution in [0.3, 0.4) is 0 Å². The molecule has 3 aromatic rings. The molecule has 0 saturated heterocycles. The molecule has 0 bridgehead atoms. The van der Waals surface area contributed by atoms with Gasteiger partial charge < -0.3 is 19.9 Å². The fourth-order valence-corrected chi connectivity index (χ4v) is 2.75. The molecule has 1 aromatic carbocycles. The number of carbonyl (C=O) groups excluding carboxylic acids is 2. The van der Waals surface area contributed by atoms with E-state index in [0.29, 0.717) is 27.9 Å². The van der Waals surface area contributed by atoms with Gasteiger partial charge >= 0.3 is 0 Å². The number of carbonyl (C=O) groups is 2. The van der Waals surface area contributed by atoms with E-state index in [-0.39, 0.29) is 24.8 Å². The maximum atomic E-state index is 12.0. The molecule has 8 heteroatoms. The number of aromatic nitrogens is 1. The van der Waals surface area contributed by atoms with Crippen LogP contribution in [0.4, 0.5) is 11.5 Å². The molecule has 7 nitrogen and oxygen atoms in total. The first-order chi connectivity index (χ1) is 12.6. The van der Waals surface area contributed by atoms with E-state index in [9.17, 15) is 9.59 Å². The van der Waals surface area contributed by atoms with Gasteiger partial charge in [0.15, 0.2) is 5.82 Å². The molecule has 2 aromatic heterocycles.